The molecule has 4 aromatic carbocycles. The first-order valence-electron chi connectivity index (χ1n) is 13.2. The highest BCUT2D eigenvalue weighted by Gasteiger charge is 2.19. The van der Waals surface area contributed by atoms with Gasteiger partial charge in [0, 0.05) is 49.6 Å². The van der Waals surface area contributed by atoms with E-state index in [1.54, 1.807) is 86.6 Å². The van der Waals surface area contributed by atoms with Crippen LogP contribution < -0.4 is 16.0 Å². The van der Waals surface area contributed by atoms with Crippen LogP contribution >= 0.6 is 35.0 Å². The molecule has 0 aliphatic rings. The topological polar surface area (TPSA) is 130 Å². The standard InChI is InChI=1S/C32H26Cl2N4O5S/c1-19-16-23(38(42)43)14-15-28(19)36-30(39)20(2)44-24-11-6-10-22(17-24)35-32(41)29(18-25-26(33)12-7-13-27(25)34)37-31(40)21-8-4-3-5-9-21/h3-18,20H,1-2H3,(H,35,41)(H,36,39)(H,37,40)/b29-18+. The van der Waals surface area contributed by atoms with Gasteiger partial charge in [-0.2, -0.15) is 0 Å². The fraction of sp³-hybridized carbons (Fsp3) is 0.0938. The van der Waals surface area contributed by atoms with E-state index in [2.05, 4.69) is 16.0 Å². The van der Waals surface area contributed by atoms with Crippen molar-refractivity contribution in [3.63, 3.8) is 0 Å². The van der Waals surface area contributed by atoms with E-state index in [0.29, 0.717) is 43.0 Å². The minimum atomic E-state index is -0.619. The molecule has 0 fully saturated rings. The summed E-state index contributed by atoms with van der Waals surface area (Å²) in [5.74, 6) is -1.42. The molecule has 0 radical (unpaired) electrons. The zero-order valence-electron chi connectivity index (χ0n) is 23.5. The zero-order valence-corrected chi connectivity index (χ0v) is 25.8. The third kappa shape index (κ3) is 8.47. The fourth-order valence-electron chi connectivity index (χ4n) is 3.97. The Bertz CT molecular complexity index is 1740. The van der Waals surface area contributed by atoms with Gasteiger partial charge in [0.1, 0.15) is 5.70 Å². The predicted octanol–water partition coefficient (Wildman–Crippen LogP) is 7.74. The molecule has 4 aromatic rings. The molecule has 0 bridgehead atoms. The second-order valence-electron chi connectivity index (χ2n) is 9.50. The van der Waals surface area contributed by atoms with E-state index in [9.17, 15) is 24.5 Å². The first-order valence-corrected chi connectivity index (χ1v) is 14.8. The molecule has 1 unspecified atom stereocenters. The number of non-ortho nitro benzene ring substituents is 1. The Labute approximate surface area is 267 Å². The van der Waals surface area contributed by atoms with Crippen molar-refractivity contribution in [2.24, 2.45) is 0 Å². The number of amides is 3. The number of hydrogen-bond donors (Lipinski definition) is 3. The molecule has 4 rings (SSSR count). The van der Waals surface area contributed by atoms with Gasteiger partial charge in [0.25, 0.3) is 17.5 Å². The van der Waals surface area contributed by atoms with Crippen LogP contribution in [0.4, 0.5) is 17.1 Å². The summed E-state index contributed by atoms with van der Waals surface area (Å²) in [6.07, 6.45) is 1.41. The van der Waals surface area contributed by atoms with E-state index < -0.39 is 22.0 Å². The lowest BCUT2D eigenvalue weighted by Crippen LogP contribution is -2.30. The Balaban J connectivity index is 1.50. The lowest BCUT2D eigenvalue weighted by atomic mass is 10.1. The third-order valence-corrected chi connectivity index (χ3v) is 8.02. The second kappa shape index (κ2) is 14.7. The molecular formula is C32H26Cl2N4O5S. The number of nitrogens with zero attached hydrogens (tertiary/aromatic N) is 1. The van der Waals surface area contributed by atoms with E-state index >= 15 is 0 Å². The molecule has 1 atom stereocenters. The number of halogens is 2. The molecule has 0 heterocycles. The first kappa shape index (κ1) is 32.3. The second-order valence-corrected chi connectivity index (χ2v) is 11.7. The number of nitro groups is 1. The summed E-state index contributed by atoms with van der Waals surface area (Å²) in [6, 6.07) is 24.4. The number of anilines is 2. The van der Waals surface area contributed by atoms with Crippen LogP contribution in [0.5, 0.6) is 0 Å². The van der Waals surface area contributed by atoms with Crippen molar-refractivity contribution in [3.05, 3.63) is 134 Å². The number of nitrogens with one attached hydrogen (secondary N) is 3. The van der Waals surface area contributed by atoms with Crippen molar-refractivity contribution in [1.29, 1.82) is 0 Å². The van der Waals surface area contributed by atoms with E-state index in [0.717, 1.165) is 0 Å². The number of benzene rings is 4. The quantitative estimate of drug-likeness (QED) is 0.0698. The van der Waals surface area contributed by atoms with Gasteiger partial charge in [0.05, 0.1) is 10.2 Å². The minimum Gasteiger partial charge on any atom is -0.325 e. The number of nitro benzene ring substituents is 1. The van der Waals surface area contributed by atoms with E-state index in [-0.39, 0.29) is 17.3 Å². The van der Waals surface area contributed by atoms with Gasteiger partial charge in [-0.25, -0.2) is 0 Å². The van der Waals surface area contributed by atoms with Crippen molar-refractivity contribution < 1.29 is 19.3 Å². The van der Waals surface area contributed by atoms with E-state index in [4.69, 9.17) is 23.2 Å². The number of carbonyl (C=O) groups excluding carboxylic acids is 3. The van der Waals surface area contributed by atoms with Crippen LogP contribution in [0.1, 0.15) is 28.4 Å². The normalized spacial score (nSPS) is 11.8. The molecule has 0 saturated heterocycles. The highest BCUT2D eigenvalue weighted by Crippen LogP contribution is 2.29. The minimum absolute atomic E-state index is 0.0608. The third-order valence-electron chi connectivity index (χ3n) is 6.27. The molecule has 12 heteroatoms. The van der Waals surface area contributed by atoms with Crippen LogP contribution in [0.25, 0.3) is 6.08 Å². The molecule has 9 nitrogen and oxygen atoms in total. The maximum atomic E-state index is 13.5. The van der Waals surface area contributed by atoms with Crippen molar-refractivity contribution in [2.45, 2.75) is 24.0 Å². The Morgan fingerprint density at radius 1 is 0.886 bits per heavy atom. The number of thioether (sulfide) groups is 1. The van der Waals surface area contributed by atoms with Gasteiger partial charge in [0.2, 0.25) is 5.91 Å². The molecule has 0 saturated carbocycles. The molecule has 0 spiro atoms. The molecule has 0 aliphatic carbocycles. The van der Waals surface area contributed by atoms with Gasteiger partial charge < -0.3 is 16.0 Å². The summed E-state index contributed by atoms with van der Waals surface area (Å²) < 4.78 is 0. The molecular weight excluding hydrogens is 623 g/mol. The SMILES string of the molecule is Cc1cc([N+](=O)[O-])ccc1NC(=O)C(C)Sc1cccc(NC(=O)/C(=C\c2c(Cl)cccc2Cl)NC(=O)c2ccccc2)c1. The maximum absolute atomic E-state index is 13.5. The largest absolute Gasteiger partial charge is 0.325 e. The molecule has 3 N–H and O–H groups in total. The molecule has 224 valence electrons. The number of hydrogen-bond acceptors (Lipinski definition) is 6. The number of rotatable bonds is 10. The van der Waals surface area contributed by atoms with Gasteiger partial charge in [-0.1, -0.05) is 53.5 Å². The first-order chi connectivity index (χ1) is 21.0. The fourth-order valence-corrected chi connectivity index (χ4v) is 5.41. The maximum Gasteiger partial charge on any atom is 0.272 e. The van der Waals surface area contributed by atoms with Crippen LogP contribution in [0.2, 0.25) is 10.0 Å². The van der Waals surface area contributed by atoms with Crippen molar-refractivity contribution in [1.82, 2.24) is 5.32 Å². The van der Waals surface area contributed by atoms with E-state index in [1.165, 1.54) is 36.0 Å². The molecule has 44 heavy (non-hydrogen) atoms. The van der Waals surface area contributed by atoms with Gasteiger partial charge in [-0.05, 0) is 74.0 Å². The summed E-state index contributed by atoms with van der Waals surface area (Å²) in [5.41, 5.74) is 2.03. The summed E-state index contributed by atoms with van der Waals surface area (Å²) in [7, 11) is 0. The monoisotopic (exact) mass is 648 g/mol. The summed E-state index contributed by atoms with van der Waals surface area (Å²) in [4.78, 5) is 50.5. The lowest BCUT2D eigenvalue weighted by Gasteiger charge is -2.15. The van der Waals surface area contributed by atoms with Gasteiger partial charge in [-0.15, -0.1) is 11.8 Å². The smallest absolute Gasteiger partial charge is 0.272 e. The Morgan fingerprint density at radius 2 is 1.57 bits per heavy atom. The number of aryl methyl sites for hydroxylation is 1. The van der Waals surface area contributed by atoms with Crippen LogP contribution in [0.15, 0.2) is 102 Å². The average Bonchev–Trinajstić information content (AvgIpc) is 2.99. The summed E-state index contributed by atoms with van der Waals surface area (Å²) in [6.45, 7) is 3.40. The van der Waals surface area contributed by atoms with Gasteiger partial charge >= 0.3 is 0 Å². The van der Waals surface area contributed by atoms with Gasteiger partial charge in [0.15, 0.2) is 0 Å². The molecule has 0 aliphatic heterocycles. The Hall–Kier alpha value is -4.64. The van der Waals surface area contributed by atoms with Crippen molar-refractivity contribution >= 4 is 75.8 Å². The Morgan fingerprint density at radius 3 is 2.23 bits per heavy atom. The molecule has 3 amide bonds. The zero-order chi connectivity index (χ0) is 31.8. The van der Waals surface area contributed by atoms with Crippen LogP contribution in [0, 0.1) is 17.0 Å². The van der Waals surface area contributed by atoms with Crippen molar-refractivity contribution in [2.75, 3.05) is 10.6 Å². The highest BCUT2D eigenvalue weighted by molar-refractivity contribution is 8.00. The van der Waals surface area contributed by atoms with E-state index in [1.807, 2.05) is 0 Å². The highest BCUT2D eigenvalue weighted by atomic mass is 35.5. The lowest BCUT2D eigenvalue weighted by molar-refractivity contribution is -0.384. The Kier molecular flexibility index (Phi) is 10.8. The van der Waals surface area contributed by atoms with Gasteiger partial charge in [-0.3, -0.25) is 24.5 Å². The van der Waals surface area contributed by atoms with Crippen molar-refractivity contribution in [3.8, 4) is 0 Å². The van der Waals surface area contributed by atoms with Crippen LogP contribution in [0.3, 0.4) is 0 Å². The average molecular weight is 650 g/mol. The number of carbonyl (C=O) groups is 3. The van der Waals surface area contributed by atoms with Crippen LogP contribution in [-0.2, 0) is 9.59 Å². The molecule has 0 aromatic heterocycles. The summed E-state index contributed by atoms with van der Waals surface area (Å²) >= 11 is 13.9. The predicted molar refractivity (Wildman–Crippen MR) is 175 cm³/mol. The summed E-state index contributed by atoms with van der Waals surface area (Å²) in [5, 5.41) is 19.3. The van der Waals surface area contributed by atoms with Crippen LogP contribution in [-0.4, -0.2) is 27.9 Å².